The van der Waals surface area contributed by atoms with Crippen LogP contribution < -0.4 is 24.0 Å². The number of carbonyl (C=O) groups is 2. The molecular formula is C4H7LiO4. The molecule has 0 unspecified atom stereocenters. The zero-order valence-corrected chi connectivity index (χ0v) is 5.43. The van der Waals surface area contributed by atoms with E-state index >= 15 is 0 Å². The molecule has 0 aliphatic carbocycles. The van der Waals surface area contributed by atoms with E-state index in [0.29, 0.717) is 0 Å². The van der Waals surface area contributed by atoms with Crippen LogP contribution in [-0.2, 0) is 9.59 Å². The number of carbonyl (C=O) groups excluding carboxylic acids is 2. The number of carboxylic acid groups (broad SMARTS) is 1. The summed E-state index contributed by atoms with van der Waals surface area (Å²) in [5.41, 5.74) is 0. The average Bonchev–Trinajstić information content (AvgIpc) is 1.27. The Balaban J connectivity index is -0.000000180. The van der Waals surface area contributed by atoms with Gasteiger partial charge in [-0.25, -0.2) is 0 Å². The molecule has 9 heavy (non-hydrogen) atoms. The molecule has 0 fully saturated rings. The van der Waals surface area contributed by atoms with E-state index in [0.717, 1.165) is 0 Å². The minimum Gasteiger partial charge on any atom is -0.550 e. The SMILES string of the molecule is CC(=O)CC(=O)[O-].O.[Li+]. The first-order chi connectivity index (χ1) is 3.13. The van der Waals surface area contributed by atoms with E-state index in [1.54, 1.807) is 0 Å². The molecule has 0 saturated heterocycles. The molecule has 4 nitrogen and oxygen atoms in total. The minimum atomic E-state index is -1.31. The third-order valence-electron chi connectivity index (χ3n) is 0.393. The molecule has 0 aliphatic rings. The third-order valence-corrected chi connectivity index (χ3v) is 0.393. The number of hydrogen-bond acceptors (Lipinski definition) is 3. The molecule has 2 N–H and O–H groups in total. The molecule has 0 aromatic carbocycles. The van der Waals surface area contributed by atoms with Crippen molar-refractivity contribution in [1.29, 1.82) is 0 Å². The smallest absolute Gasteiger partial charge is 0.550 e. The Morgan fingerprint density at radius 3 is 1.78 bits per heavy atom. The fraction of sp³-hybridized carbons (Fsp3) is 0.500. The summed E-state index contributed by atoms with van der Waals surface area (Å²) >= 11 is 0. The molecule has 48 valence electrons. The summed E-state index contributed by atoms with van der Waals surface area (Å²) in [5, 5.41) is 9.48. The van der Waals surface area contributed by atoms with Gasteiger partial charge in [0.25, 0.3) is 0 Å². The standard InChI is InChI=1S/C4H6O3.Li.H2O/c1-3(5)2-4(6)7;;/h2H2,1H3,(H,6,7);;1H2/q;+1;/p-1. The van der Waals surface area contributed by atoms with Gasteiger partial charge in [0.15, 0.2) is 0 Å². The van der Waals surface area contributed by atoms with Crippen LogP contribution in [0.2, 0.25) is 0 Å². The van der Waals surface area contributed by atoms with Crippen molar-refractivity contribution in [2.45, 2.75) is 13.3 Å². The van der Waals surface area contributed by atoms with Gasteiger partial charge in [0.05, 0.1) is 0 Å². The Bertz CT molecular complexity index is 88.7. The topological polar surface area (TPSA) is 88.7 Å². The molecule has 0 saturated carbocycles. The van der Waals surface area contributed by atoms with Crippen LogP contribution >= 0.6 is 0 Å². The number of hydrogen-bond donors (Lipinski definition) is 0. The Kier molecular flexibility index (Phi) is 13.6. The molecule has 0 radical (unpaired) electrons. The second-order valence-corrected chi connectivity index (χ2v) is 1.25. The van der Waals surface area contributed by atoms with Crippen molar-refractivity contribution in [3.63, 3.8) is 0 Å². The average molecular weight is 126 g/mol. The number of rotatable bonds is 2. The number of Topliss-reactive ketones (excluding diaryl/α,β-unsaturated/α-hetero) is 1. The van der Waals surface area contributed by atoms with Crippen molar-refractivity contribution in [2.75, 3.05) is 0 Å². The summed E-state index contributed by atoms with van der Waals surface area (Å²) < 4.78 is 0. The van der Waals surface area contributed by atoms with Crippen molar-refractivity contribution in [2.24, 2.45) is 0 Å². The zero-order chi connectivity index (χ0) is 5.86. The van der Waals surface area contributed by atoms with Gasteiger partial charge in [0, 0.05) is 12.4 Å². The third kappa shape index (κ3) is 18.3. The first-order valence-corrected chi connectivity index (χ1v) is 1.82. The van der Waals surface area contributed by atoms with Crippen molar-refractivity contribution < 1.29 is 39.0 Å². The Morgan fingerprint density at radius 2 is 1.78 bits per heavy atom. The van der Waals surface area contributed by atoms with E-state index in [1.807, 2.05) is 0 Å². The van der Waals surface area contributed by atoms with Gasteiger partial charge in [-0.3, -0.25) is 4.79 Å². The summed E-state index contributed by atoms with van der Waals surface area (Å²) in [6, 6.07) is 0. The van der Waals surface area contributed by atoms with Gasteiger partial charge in [-0.2, -0.15) is 0 Å². The van der Waals surface area contributed by atoms with Crippen LogP contribution in [0.1, 0.15) is 13.3 Å². The Hall–Kier alpha value is -0.303. The fourth-order valence-electron chi connectivity index (χ4n) is 0.203. The molecule has 0 heterocycles. The second-order valence-electron chi connectivity index (χ2n) is 1.25. The summed E-state index contributed by atoms with van der Waals surface area (Å²) in [7, 11) is 0. The molecule has 0 amide bonds. The molecular weight excluding hydrogens is 119 g/mol. The van der Waals surface area contributed by atoms with E-state index in [4.69, 9.17) is 0 Å². The molecule has 0 rings (SSSR count). The van der Waals surface area contributed by atoms with Gasteiger partial charge in [0.1, 0.15) is 5.78 Å². The maximum absolute atomic E-state index is 9.83. The zero-order valence-electron chi connectivity index (χ0n) is 5.43. The van der Waals surface area contributed by atoms with Gasteiger partial charge in [-0.15, -0.1) is 0 Å². The number of aliphatic carboxylic acids is 1. The molecule has 0 bridgehead atoms. The largest absolute Gasteiger partial charge is 1.00 e. The van der Waals surface area contributed by atoms with Crippen LogP contribution in [0.3, 0.4) is 0 Å². The maximum atomic E-state index is 9.83. The fourth-order valence-corrected chi connectivity index (χ4v) is 0.203. The molecule has 0 spiro atoms. The summed E-state index contributed by atoms with van der Waals surface area (Å²) in [4.78, 5) is 19.3. The molecule has 0 aliphatic heterocycles. The minimum absolute atomic E-state index is 0. The van der Waals surface area contributed by atoms with Gasteiger partial charge in [0.2, 0.25) is 0 Å². The van der Waals surface area contributed by atoms with E-state index in [2.05, 4.69) is 0 Å². The predicted octanol–water partition coefficient (Wildman–Crippen LogP) is -5.11. The maximum Gasteiger partial charge on any atom is 1.00 e. The van der Waals surface area contributed by atoms with Crippen LogP contribution in [0.15, 0.2) is 0 Å². The Morgan fingerprint density at radius 1 is 1.44 bits per heavy atom. The number of ketones is 1. The normalized spacial score (nSPS) is 6.33. The van der Waals surface area contributed by atoms with Crippen molar-refractivity contribution >= 4 is 11.8 Å². The van der Waals surface area contributed by atoms with Crippen molar-refractivity contribution in [3.8, 4) is 0 Å². The predicted molar refractivity (Wildman–Crippen MR) is 23.9 cm³/mol. The van der Waals surface area contributed by atoms with E-state index in [-0.39, 0.29) is 30.1 Å². The summed E-state index contributed by atoms with van der Waals surface area (Å²) in [5.74, 6) is -1.69. The molecule has 0 atom stereocenters. The molecule has 0 aromatic rings. The second kappa shape index (κ2) is 7.70. The Labute approximate surface area is 64.7 Å². The van der Waals surface area contributed by atoms with Gasteiger partial charge < -0.3 is 15.4 Å². The summed E-state index contributed by atoms with van der Waals surface area (Å²) in [6.45, 7) is 1.20. The van der Waals surface area contributed by atoms with Crippen LogP contribution in [0.25, 0.3) is 0 Å². The quantitative estimate of drug-likeness (QED) is 0.274. The van der Waals surface area contributed by atoms with E-state index in [1.165, 1.54) is 6.92 Å². The summed E-state index contributed by atoms with van der Waals surface area (Å²) in [6.07, 6.45) is -0.472. The van der Waals surface area contributed by atoms with Crippen LogP contribution in [0, 0.1) is 0 Å². The van der Waals surface area contributed by atoms with Gasteiger partial charge in [-0.05, 0) is 6.92 Å². The number of carboxylic acids is 1. The van der Waals surface area contributed by atoms with Crippen molar-refractivity contribution in [1.82, 2.24) is 0 Å². The molecule has 5 heteroatoms. The first kappa shape index (κ1) is 15.9. The van der Waals surface area contributed by atoms with Crippen LogP contribution in [0.5, 0.6) is 0 Å². The first-order valence-electron chi connectivity index (χ1n) is 1.82. The van der Waals surface area contributed by atoms with E-state index < -0.39 is 12.4 Å². The monoisotopic (exact) mass is 126 g/mol. The van der Waals surface area contributed by atoms with E-state index in [9.17, 15) is 14.7 Å². The molecule has 0 aromatic heterocycles. The van der Waals surface area contributed by atoms with Gasteiger partial charge >= 0.3 is 18.9 Å². The van der Waals surface area contributed by atoms with Crippen LogP contribution in [-0.4, -0.2) is 17.2 Å². The van der Waals surface area contributed by atoms with Gasteiger partial charge in [-0.1, -0.05) is 0 Å². The van der Waals surface area contributed by atoms with Crippen LogP contribution in [0.4, 0.5) is 0 Å². The van der Waals surface area contributed by atoms with Crippen molar-refractivity contribution in [3.05, 3.63) is 0 Å².